The van der Waals surface area contributed by atoms with Crippen LogP contribution in [0.4, 0.5) is 5.82 Å². The van der Waals surface area contributed by atoms with Gasteiger partial charge in [0.05, 0.1) is 5.56 Å². The van der Waals surface area contributed by atoms with Crippen molar-refractivity contribution in [2.75, 3.05) is 5.73 Å². The molecule has 0 fully saturated rings. The van der Waals surface area contributed by atoms with Crippen molar-refractivity contribution in [1.29, 1.82) is 0 Å². The van der Waals surface area contributed by atoms with Crippen LogP contribution >= 0.6 is 11.6 Å². The fourth-order valence-corrected chi connectivity index (χ4v) is 2.48. The fraction of sp³-hybridized carbons (Fsp3) is 0.125. The van der Waals surface area contributed by atoms with Gasteiger partial charge in [-0.3, -0.25) is 0 Å². The summed E-state index contributed by atoms with van der Waals surface area (Å²) < 4.78 is 5.96. The van der Waals surface area contributed by atoms with E-state index in [1.807, 2.05) is 43.3 Å². The average molecular weight is 300 g/mol. The molecule has 0 aliphatic rings. The van der Waals surface area contributed by atoms with Crippen LogP contribution in [0.25, 0.3) is 10.8 Å². The first-order chi connectivity index (χ1) is 10.2. The minimum Gasteiger partial charge on any atom is -0.438 e. The summed E-state index contributed by atoms with van der Waals surface area (Å²) in [4.78, 5) is 8.18. The maximum atomic E-state index is 6.21. The molecule has 1 heterocycles. The molecule has 0 unspecified atom stereocenters. The molecule has 21 heavy (non-hydrogen) atoms. The predicted octanol–water partition coefficient (Wildman–Crippen LogP) is 4.22. The molecule has 0 amide bonds. The lowest BCUT2D eigenvalue weighted by Gasteiger charge is -2.12. The van der Waals surface area contributed by atoms with Gasteiger partial charge in [-0.2, -0.15) is 0 Å². The second kappa shape index (κ2) is 5.58. The Hall–Kier alpha value is -2.33. The van der Waals surface area contributed by atoms with Gasteiger partial charge in [-0.15, -0.1) is 0 Å². The van der Waals surface area contributed by atoms with Crippen molar-refractivity contribution in [2.24, 2.45) is 0 Å². The van der Waals surface area contributed by atoms with Gasteiger partial charge in [-0.05, 0) is 18.6 Å². The third-order valence-electron chi connectivity index (χ3n) is 3.33. The van der Waals surface area contributed by atoms with Crippen LogP contribution in [-0.2, 0) is 6.42 Å². The zero-order valence-corrected chi connectivity index (χ0v) is 12.3. The molecule has 0 saturated heterocycles. The SMILES string of the molecule is CCc1c(N)ncnc1Oc1ccc(Cl)c2ccccc12. The molecule has 3 aromatic rings. The Morgan fingerprint density at radius 2 is 1.86 bits per heavy atom. The number of rotatable bonds is 3. The molecule has 5 heteroatoms. The molecule has 0 aliphatic heterocycles. The first-order valence-electron chi connectivity index (χ1n) is 6.65. The Bertz CT molecular complexity index is 805. The van der Waals surface area contributed by atoms with Crippen LogP contribution in [0.15, 0.2) is 42.7 Å². The Morgan fingerprint density at radius 3 is 2.62 bits per heavy atom. The van der Waals surface area contributed by atoms with E-state index >= 15 is 0 Å². The highest BCUT2D eigenvalue weighted by Gasteiger charge is 2.12. The van der Waals surface area contributed by atoms with Gasteiger partial charge in [0.2, 0.25) is 5.88 Å². The fourth-order valence-electron chi connectivity index (χ4n) is 2.26. The zero-order chi connectivity index (χ0) is 14.8. The van der Waals surface area contributed by atoms with E-state index in [4.69, 9.17) is 22.1 Å². The number of halogens is 1. The van der Waals surface area contributed by atoms with Gasteiger partial charge in [0.25, 0.3) is 0 Å². The summed E-state index contributed by atoms with van der Waals surface area (Å²) in [5, 5.41) is 2.57. The monoisotopic (exact) mass is 299 g/mol. The number of aromatic nitrogens is 2. The van der Waals surface area contributed by atoms with E-state index in [0.717, 1.165) is 16.3 Å². The van der Waals surface area contributed by atoms with Crippen molar-refractivity contribution >= 4 is 28.2 Å². The molecular formula is C16H14ClN3O. The first-order valence-corrected chi connectivity index (χ1v) is 7.03. The molecule has 0 saturated carbocycles. The molecule has 0 radical (unpaired) electrons. The van der Waals surface area contributed by atoms with Crippen LogP contribution in [0.3, 0.4) is 0 Å². The van der Waals surface area contributed by atoms with Crippen molar-refractivity contribution in [1.82, 2.24) is 9.97 Å². The molecular weight excluding hydrogens is 286 g/mol. The Morgan fingerprint density at radius 1 is 1.10 bits per heavy atom. The number of ether oxygens (including phenoxy) is 1. The summed E-state index contributed by atoms with van der Waals surface area (Å²) in [5.74, 6) is 1.63. The van der Waals surface area contributed by atoms with Gasteiger partial charge in [0.1, 0.15) is 17.9 Å². The molecule has 0 atom stereocenters. The normalized spacial score (nSPS) is 10.8. The number of hydrogen-bond acceptors (Lipinski definition) is 4. The largest absolute Gasteiger partial charge is 0.438 e. The maximum Gasteiger partial charge on any atom is 0.227 e. The molecule has 2 N–H and O–H groups in total. The lowest BCUT2D eigenvalue weighted by Crippen LogP contribution is -2.02. The third kappa shape index (κ3) is 2.50. The summed E-state index contributed by atoms with van der Waals surface area (Å²) in [6.07, 6.45) is 2.11. The van der Waals surface area contributed by atoms with Crippen molar-refractivity contribution in [3.8, 4) is 11.6 Å². The van der Waals surface area contributed by atoms with E-state index in [1.165, 1.54) is 6.33 Å². The zero-order valence-electron chi connectivity index (χ0n) is 11.5. The van der Waals surface area contributed by atoms with Crippen LogP contribution < -0.4 is 10.5 Å². The number of hydrogen-bond donors (Lipinski definition) is 1. The van der Waals surface area contributed by atoms with Gasteiger partial charge >= 0.3 is 0 Å². The summed E-state index contributed by atoms with van der Waals surface area (Å²) in [7, 11) is 0. The van der Waals surface area contributed by atoms with Gasteiger partial charge in [-0.1, -0.05) is 42.8 Å². The van der Waals surface area contributed by atoms with Gasteiger partial charge < -0.3 is 10.5 Å². The summed E-state index contributed by atoms with van der Waals surface area (Å²) in [6, 6.07) is 11.5. The molecule has 0 spiro atoms. The second-order valence-electron chi connectivity index (χ2n) is 4.59. The van der Waals surface area contributed by atoms with Crippen LogP contribution in [0.5, 0.6) is 11.6 Å². The maximum absolute atomic E-state index is 6.21. The lowest BCUT2D eigenvalue weighted by molar-refractivity contribution is 0.461. The Kier molecular flexibility index (Phi) is 3.62. The van der Waals surface area contributed by atoms with Crippen molar-refractivity contribution in [3.05, 3.63) is 53.3 Å². The molecule has 106 valence electrons. The third-order valence-corrected chi connectivity index (χ3v) is 3.66. The van der Waals surface area contributed by atoms with Crippen LogP contribution in [0.2, 0.25) is 5.02 Å². The van der Waals surface area contributed by atoms with E-state index in [9.17, 15) is 0 Å². The second-order valence-corrected chi connectivity index (χ2v) is 5.00. The number of anilines is 1. The number of nitrogen functional groups attached to an aromatic ring is 1. The number of nitrogens with zero attached hydrogens (tertiary/aromatic N) is 2. The molecule has 0 aliphatic carbocycles. The van der Waals surface area contributed by atoms with Crippen molar-refractivity contribution in [2.45, 2.75) is 13.3 Å². The highest BCUT2D eigenvalue weighted by molar-refractivity contribution is 6.35. The summed E-state index contributed by atoms with van der Waals surface area (Å²) in [5.41, 5.74) is 6.67. The summed E-state index contributed by atoms with van der Waals surface area (Å²) >= 11 is 6.21. The molecule has 0 bridgehead atoms. The van der Waals surface area contributed by atoms with E-state index in [1.54, 1.807) is 0 Å². The molecule has 4 nitrogen and oxygen atoms in total. The Balaban J connectivity index is 2.11. The predicted molar refractivity (Wildman–Crippen MR) is 84.9 cm³/mol. The first kappa shape index (κ1) is 13.6. The summed E-state index contributed by atoms with van der Waals surface area (Å²) in [6.45, 7) is 1.99. The topological polar surface area (TPSA) is 61.0 Å². The van der Waals surface area contributed by atoms with Gasteiger partial charge in [-0.25, -0.2) is 9.97 Å². The van der Waals surface area contributed by atoms with Gasteiger partial charge in [0, 0.05) is 15.8 Å². The number of fused-ring (bicyclic) bond motifs is 1. The minimum atomic E-state index is 0.445. The van der Waals surface area contributed by atoms with Crippen LogP contribution in [-0.4, -0.2) is 9.97 Å². The molecule has 1 aromatic heterocycles. The highest BCUT2D eigenvalue weighted by atomic mass is 35.5. The van der Waals surface area contributed by atoms with Crippen molar-refractivity contribution in [3.63, 3.8) is 0 Å². The van der Waals surface area contributed by atoms with E-state index in [2.05, 4.69) is 9.97 Å². The Labute approximate surface area is 127 Å². The van der Waals surface area contributed by atoms with E-state index in [-0.39, 0.29) is 0 Å². The number of benzene rings is 2. The van der Waals surface area contributed by atoms with Crippen LogP contribution in [0, 0.1) is 0 Å². The van der Waals surface area contributed by atoms with E-state index < -0.39 is 0 Å². The quantitative estimate of drug-likeness (QED) is 0.786. The standard InChI is InChI=1S/C16H14ClN3O/c1-2-10-15(18)19-9-20-16(10)21-14-8-7-13(17)11-5-3-4-6-12(11)14/h3-9H,2H2,1H3,(H2,18,19,20). The lowest BCUT2D eigenvalue weighted by atomic mass is 10.1. The van der Waals surface area contributed by atoms with Gasteiger partial charge in [0.15, 0.2) is 0 Å². The average Bonchev–Trinajstić information content (AvgIpc) is 2.51. The van der Waals surface area contributed by atoms with Crippen molar-refractivity contribution < 1.29 is 4.74 Å². The highest BCUT2D eigenvalue weighted by Crippen LogP contribution is 2.35. The minimum absolute atomic E-state index is 0.445. The molecule has 3 rings (SSSR count). The molecule has 2 aromatic carbocycles. The smallest absolute Gasteiger partial charge is 0.227 e. The van der Waals surface area contributed by atoms with Crippen LogP contribution in [0.1, 0.15) is 12.5 Å². The number of nitrogens with two attached hydrogens (primary N) is 1. The van der Waals surface area contributed by atoms with E-state index in [0.29, 0.717) is 28.9 Å².